The third-order valence-corrected chi connectivity index (χ3v) is 7.68. The summed E-state index contributed by atoms with van der Waals surface area (Å²) in [6, 6.07) is 16.6. The van der Waals surface area contributed by atoms with Gasteiger partial charge in [-0.15, -0.1) is 0 Å². The molecule has 1 fully saturated rings. The van der Waals surface area contributed by atoms with Crippen LogP contribution < -0.4 is 19.1 Å². The Labute approximate surface area is 227 Å². The molecule has 0 spiro atoms. The number of nitrogens with zero attached hydrogens (tertiary/aromatic N) is 3. The smallest absolute Gasteiger partial charge is 0.254 e. The molecule has 2 amide bonds. The number of benzene rings is 3. The summed E-state index contributed by atoms with van der Waals surface area (Å²) in [7, 11) is 6.25. The van der Waals surface area contributed by atoms with Gasteiger partial charge in [0.1, 0.15) is 11.6 Å². The number of carbonyl (C=O) groups is 2. The molecule has 2 atom stereocenters. The number of rotatable bonds is 6. The van der Waals surface area contributed by atoms with E-state index in [0.717, 1.165) is 11.4 Å². The number of hydrogen-bond acceptors (Lipinski definition) is 6. The molecule has 0 aromatic heterocycles. The Morgan fingerprint density at radius 3 is 2.10 bits per heavy atom. The lowest BCUT2D eigenvalue weighted by molar-refractivity contribution is -0.134. The maximum Gasteiger partial charge on any atom is 0.254 e. The molecule has 0 bridgehead atoms. The largest absolute Gasteiger partial charge is 0.495 e. The molecule has 5 rings (SSSR count). The number of halogens is 1. The predicted molar refractivity (Wildman–Crippen MR) is 145 cm³/mol. The van der Waals surface area contributed by atoms with Gasteiger partial charge >= 0.3 is 0 Å². The van der Waals surface area contributed by atoms with E-state index < -0.39 is 17.8 Å². The van der Waals surface area contributed by atoms with Crippen LogP contribution in [0.25, 0.3) is 0 Å². The maximum atomic E-state index is 15.2. The van der Waals surface area contributed by atoms with Gasteiger partial charge in [-0.25, -0.2) is 4.39 Å². The molecule has 0 aliphatic carbocycles. The Balaban J connectivity index is 1.54. The van der Waals surface area contributed by atoms with E-state index in [1.165, 1.54) is 25.2 Å². The Morgan fingerprint density at radius 2 is 1.44 bits per heavy atom. The number of likely N-dealkylation sites (N-methyl/N-ethyl adjacent to an activating group) is 1. The second-order valence-electron chi connectivity index (χ2n) is 9.64. The van der Waals surface area contributed by atoms with Gasteiger partial charge in [0.05, 0.1) is 39.0 Å². The van der Waals surface area contributed by atoms with Crippen LogP contribution in [-0.4, -0.2) is 76.2 Å². The highest BCUT2D eigenvalue weighted by Crippen LogP contribution is 2.47. The maximum absolute atomic E-state index is 15.2. The molecule has 3 aromatic carbocycles. The highest BCUT2D eigenvalue weighted by Gasteiger charge is 2.46. The van der Waals surface area contributed by atoms with Gasteiger partial charge in [-0.1, -0.05) is 30.3 Å². The number of fused-ring (bicyclic) bond motifs is 1. The van der Waals surface area contributed by atoms with Crippen molar-refractivity contribution in [1.82, 2.24) is 9.80 Å². The summed E-state index contributed by atoms with van der Waals surface area (Å²) in [6.45, 7) is 2.16. The molecule has 39 heavy (non-hydrogen) atoms. The van der Waals surface area contributed by atoms with E-state index >= 15 is 4.39 Å². The number of para-hydroxylation sites is 2. The SMILES string of the molecule is COc1cc2c(cc1OC)[C@H](C(=O)N1CCN(c3ccccc3OC)CC1)[C@H](c1ccccc1F)N(C)C2=O. The number of carbonyl (C=O) groups excluding carboxylic acids is 2. The second-order valence-corrected chi connectivity index (χ2v) is 9.64. The molecule has 0 saturated carbocycles. The molecule has 0 radical (unpaired) electrons. The fourth-order valence-electron chi connectivity index (χ4n) is 5.67. The first kappa shape index (κ1) is 26.3. The summed E-state index contributed by atoms with van der Waals surface area (Å²) < 4.78 is 31.7. The van der Waals surface area contributed by atoms with Crippen molar-refractivity contribution in [2.45, 2.75) is 12.0 Å². The minimum atomic E-state index is -0.836. The first-order valence-electron chi connectivity index (χ1n) is 12.8. The molecule has 8 nitrogen and oxygen atoms in total. The minimum Gasteiger partial charge on any atom is -0.495 e. The highest BCUT2D eigenvalue weighted by molar-refractivity contribution is 6.02. The Bertz CT molecular complexity index is 1390. The number of ether oxygens (including phenoxy) is 3. The summed E-state index contributed by atoms with van der Waals surface area (Å²) in [4.78, 5) is 33.3. The molecule has 3 aromatic rings. The van der Waals surface area contributed by atoms with Gasteiger partial charge < -0.3 is 28.9 Å². The average molecular weight is 534 g/mol. The van der Waals surface area contributed by atoms with Gasteiger partial charge in [0.15, 0.2) is 11.5 Å². The van der Waals surface area contributed by atoms with Crippen LogP contribution in [0.2, 0.25) is 0 Å². The number of hydrogen-bond donors (Lipinski definition) is 0. The zero-order valence-corrected chi connectivity index (χ0v) is 22.5. The Morgan fingerprint density at radius 1 is 0.821 bits per heavy atom. The van der Waals surface area contributed by atoms with Crippen molar-refractivity contribution < 1.29 is 28.2 Å². The summed E-state index contributed by atoms with van der Waals surface area (Å²) in [5, 5.41) is 0. The summed E-state index contributed by atoms with van der Waals surface area (Å²) >= 11 is 0. The normalized spacial score (nSPS) is 19.0. The molecule has 0 unspecified atom stereocenters. The summed E-state index contributed by atoms with van der Waals surface area (Å²) in [5.41, 5.74) is 2.11. The topological polar surface area (TPSA) is 71.6 Å². The van der Waals surface area contributed by atoms with E-state index in [4.69, 9.17) is 14.2 Å². The van der Waals surface area contributed by atoms with Crippen molar-refractivity contribution in [2.24, 2.45) is 0 Å². The van der Waals surface area contributed by atoms with Crippen molar-refractivity contribution >= 4 is 17.5 Å². The average Bonchev–Trinajstić information content (AvgIpc) is 2.98. The van der Waals surface area contributed by atoms with E-state index in [2.05, 4.69) is 4.90 Å². The number of amides is 2. The van der Waals surface area contributed by atoms with Crippen molar-refractivity contribution in [3.63, 3.8) is 0 Å². The third kappa shape index (κ3) is 4.62. The van der Waals surface area contributed by atoms with E-state index in [-0.39, 0.29) is 11.8 Å². The third-order valence-electron chi connectivity index (χ3n) is 7.68. The molecule has 0 N–H and O–H groups in total. The van der Waals surface area contributed by atoms with E-state index in [1.54, 1.807) is 49.4 Å². The lowest BCUT2D eigenvalue weighted by Gasteiger charge is -2.43. The minimum absolute atomic E-state index is 0.171. The van der Waals surface area contributed by atoms with E-state index in [0.29, 0.717) is 54.4 Å². The number of anilines is 1. The van der Waals surface area contributed by atoms with Crippen LogP contribution in [0.15, 0.2) is 60.7 Å². The van der Waals surface area contributed by atoms with Gasteiger partial charge in [-0.05, 0) is 35.9 Å². The summed E-state index contributed by atoms with van der Waals surface area (Å²) in [6.07, 6.45) is 0. The molecule has 2 aliphatic rings. The quantitative estimate of drug-likeness (QED) is 0.475. The molecular formula is C30H32FN3O5. The first-order chi connectivity index (χ1) is 18.9. The van der Waals surface area contributed by atoms with E-state index in [1.807, 2.05) is 24.3 Å². The van der Waals surface area contributed by atoms with Crippen LogP contribution in [0, 0.1) is 5.82 Å². The lowest BCUT2D eigenvalue weighted by Crippen LogP contribution is -2.53. The van der Waals surface area contributed by atoms with Crippen LogP contribution in [0.1, 0.15) is 33.4 Å². The van der Waals surface area contributed by atoms with Gasteiger partial charge in [-0.3, -0.25) is 9.59 Å². The van der Waals surface area contributed by atoms with Gasteiger partial charge in [0.25, 0.3) is 5.91 Å². The number of piperazine rings is 1. The molecule has 204 valence electrons. The van der Waals surface area contributed by atoms with Gasteiger partial charge in [0, 0.05) is 44.4 Å². The molecular weight excluding hydrogens is 501 g/mol. The fourth-order valence-corrected chi connectivity index (χ4v) is 5.67. The molecule has 2 heterocycles. The van der Waals surface area contributed by atoms with Crippen molar-refractivity contribution in [3.8, 4) is 17.2 Å². The van der Waals surface area contributed by atoms with Crippen LogP contribution >= 0.6 is 0 Å². The standard InChI is InChI=1S/C30H32FN3O5/c1-32-28(19-9-5-6-10-22(19)31)27(20-17-25(38-3)26(39-4)18-21(20)29(32)35)30(36)34-15-13-33(14-16-34)23-11-7-8-12-24(23)37-2/h5-12,17-18,27-28H,13-16H2,1-4H3/t27-,28-/m0/s1. The number of methoxy groups -OCH3 is 3. The molecule has 2 aliphatic heterocycles. The van der Waals surface area contributed by atoms with Crippen molar-refractivity contribution in [1.29, 1.82) is 0 Å². The summed E-state index contributed by atoms with van der Waals surface area (Å²) in [5.74, 6) is -0.222. The first-order valence-corrected chi connectivity index (χ1v) is 12.8. The van der Waals surface area contributed by atoms with Crippen molar-refractivity contribution in [2.75, 3.05) is 59.5 Å². The predicted octanol–water partition coefficient (Wildman–Crippen LogP) is 4.11. The monoisotopic (exact) mass is 533 g/mol. The Kier molecular flexibility index (Phi) is 7.32. The van der Waals surface area contributed by atoms with Crippen molar-refractivity contribution in [3.05, 3.63) is 83.2 Å². The molecule has 9 heteroatoms. The second kappa shape index (κ2) is 10.8. The fraction of sp³-hybridized carbons (Fsp3) is 0.333. The van der Waals surface area contributed by atoms with Crippen LogP contribution in [-0.2, 0) is 4.79 Å². The van der Waals surface area contributed by atoms with Crippen LogP contribution in [0.4, 0.5) is 10.1 Å². The van der Waals surface area contributed by atoms with Crippen LogP contribution in [0.3, 0.4) is 0 Å². The highest BCUT2D eigenvalue weighted by atomic mass is 19.1. The lowest BCUT2D eigenvalue weighted by atomic mass is 9.78. The van der Waals surface area contributed by atoms with Gasteiger partial charge in [0.2, 0.25) is 5.91 Å². The zero-order chi connectivity index (χ0) is 27.7. The zero-order valence-electron chi connectivity index (χ0n) is 22.5. The Hall–Kier alpha value is -4.27. The van der Waals surface area contributed by atoms with Crippen LogP contribution in [0.5, 0.6) is 17.2 Å². The van der Waals surface area contributed by atoms with Gasteiger partial charge in [-0.2, -0.15) is 0 Å². The van der Waals surface area contributed by atoms with E-state index in [9.17, 15) is 9.59 Å². The molecule has 1 saturated heterocycles.